The Morgan fingerprint density at radius 1 is 1.16 bits per heavy atom. The Kier molecular flexibility index (Phi) is 8.60. The molecule has 7 nitrogen and oxygen atoms in total. The Morgan fingerprint density at radius 3 is 2.59 bits per heavy atom. The summed E-state index contributed by atoms with van der Waals surface area (Å²) in [5.74, 6) is 0.489. The quantitative estimate of drug-likeness (QED) is 0.416. The lowest BCUT2D eigenvalue weighted by molar-refractivity contribution is -0.113. The smallest absolute Gasteiger partial charge is 0.251 e. The number of carbonyl (C=O) groups excluding carboxylic acids is 2. The maximum atomic E-state index is 12.5. The molecular formula is C22H24ClN5O2S2. The molecule has 3 rings (SSSR count). The highest BCUT2D eigenvalue weighted by Gasteiger charge is 2.20. The molecule has 1 atom stereocenters. The van der Waals surface area contributed by atoms with Crippen LogP contribution in [-0.4, -0.2) is 38.6 Å². The van der Waals surface area contributed by atoms with Crippen molar-refractivity contribution in [3.05, 3.63) is 64.9 Å². The normalized spacial score (nSPS) is 11.8. The van der Waals surface area contributed by atoms with Crippen LogP contribution in [0.25, 0.3) is 0 Å². The highest BCUT2D eigenvalue weighted by atomic mass is 35.5. The van der Waals surface area contributed by atoms with Crippen LogP contribution in [0.2, 0.25) is 5.02 Å². The first-order valence-corrected chi connectivity index (χ1v) is 12.6. The van der Waals surface area contributed by atoms with E-state index in [1.54, 1.807) is 36.0 Å². The van der Waals surface area contributed by atoms with Crippen molar-refractivity contribution in [1.29, 1.82) is 0 Å². The highest BCUT2D eigenvalue weighted by molar-refractivity contribution is 7.99. The second-order valence-corrected chi connectivity index (χ2v) is 9.11. The minimum atomic E-state index is -0.358. The van der Waals surface area contributed by atoms with Crippen molar-refractivity contribution >= 4 is 52.6 Å². The molecule has 3 aromatic rings. The third-order valence-corrected chi connectivity index (χ3v) is 6.53. The Morgan fingerprint density at radius 2 is 1.91 bits per heavy atom. The van der Waals surface area contributed by atoms with E-state index in [2.05, 4.69) is 20.8 Å². The lowest BCUT2D eigenvalue weighted by atomic mass is 10.2. The van der Waals surface area contributed by atoms with Crippen LogP contribution >= 0.6 is 35.1 Å². The number of halogens is 1. The first kappa shape index (κ1) is 24.2. The second-order valence-electron chi connectivity index (χ2n) is 6.86. The first-order valence-electron chi connectivity index (χ1n) is 9.97. The Bertz CT molecular complexity index is 1090. The molecule has 0 bridgehead atoms. The van der Waals surface area contributed by atoms with E-state index in [9.17, 15) is 9.59 Å². The zero-order valence-corrected chi connectivity index (χ0v) is 20.4. The van der Waals surface area contributed by atoms with Gasteiger partial charge in [0.15, 0.2) is 11.0 Å². The van der Waals surface area contributed by atoms with Crippen LogP contribution in [0, 0.1) is 0 Å². The first-order chi connectivity index (χ1) is 15.4. The molecule has 1 heterocycles. The third kappa shape index (κ3) is 6.27. The molecule has 0 spiro atoms. The van der Waals surface area contributed by atoms with E-state index in [1.807, 2.05) is 48.9 Å². The van der Waals surface area contributed by atoms with Crippen molar-refractivity contribution in [2.45, 2.75) is 36.5 Å². The molecule has 0 radical (unpaired) electrons. The molecule has 0 fully saturated rings. The third-order valence-electron chi connectivity index (χ3n) is 4.59. The number of rotatable bonds is 9. The van der Waals surface area contributed by atoms with Gasteiger partial charge in [0.05, 0.1) is 11.8 Å². The molecular weight excluding hydrogens is 466 g/mol. The molecule has 0 saturated heterocycles. The summed E-state index contributed by atoms with van der Waals surface area (Å²) in [5, 5.41) is 15.5. The van der Waals surface area contributed by atoms with Gasteiger partial charge >= 0.3 is 0 Å². The number of anilines is 1. The van der Waals surface area contributed by atoms with Gasteiger partial charge in [-0.2, -0.15) is 0 Å². The molecule has 2 amide bonds. The summed E-state index contributed by atoms with van der Waals surface area (Å²) in [5.41, 5.74) is 1.28. The van der Waals surface area contributed by atoms with Crippen LogP contribution < -0.4 is 10.6 Å². The number of thioether (sulfide) groups is 2. The van der Waals surface area contributed by atoms with E-state index in [4.69, 9.17) is 11.6 Å². The number of hydrogen-bond donors (Lipinski definition) is 2. The molecule has 0 aliphatic carbocycles. The van der Waals surface area contributed by atoms with E-state index >= 15 is 0 Å². The summed E-state index contributed by atoms with van der Waals surface area (Å²) < 4.78 is 1.90. The minimum Gasteiger partial charge on any atom is -0.342 e. The molecule has 0 aliphatic heterocycles. The van der Waals surface area contributed by atoms with E-state index in [0.717, 1.165) is 10.6 Å². The monoisotopic (exact) mass is 489 g/mol. The number of hydrogen-bond acceptors (Lipinski definition) is 6. The SMILES string of the molecule is CCn1c(SCC(=O)Nc2cccc(SC)c2)nnc1[C@H](C)NC(=O)c1ccc(Cl)cc1. The fourth-order valence-electron chi connectivity index (χ4n) is 3.00. The van der Waals surface area contributed by atoms with Crippen LogP contribution in [0.15, 0.2) is 58.6 Å². The summed E-state index contributed by atoms with van der Waals surface area (Å²) in [7, 11) is 0. The van der Waals surface area contributed by atoms with Gasteiger partial charge in [-0.15, -0.1) is 22.0 Å². The largest absolute Gasteiger partial charge is 0.342 e. The summed E-state index contributed by atoms with van der Waals surface area (Å²) in [6.07, 6.45) is 1.99. The average molecular weight is 490 g/mol. The summed E-state index contributed by atoms with van der Waals surface area (Å²) in [4.78, 5) is 26.0. The fourth-order valence-corrected chi connectivity index (χ4v) is 4.39. The standard InChI is InChI=1S/C22H24ClN5O2S2/c1-4-28-20(14(2)24-21(30)15-8-10-16(23)11-9-15)26-27-22(28)32-13-19(29)25-17-6-5-7-18(12-17)31-3/h5-12,14H,4,13H2,1-3H3,(H,24,30)(H,25,29)/t14-/m0/s1. The van der Waals surface area contributed by atoms with Gasteiger partial charge in [-0.05, 0) is 62.6 Å². The lowest BCUT2D eigenvalue weighted by Gasteiger charge is -2.15. The highest BCUT2D eigenvalue weighted by Crippen LogP contribution is 2.22. The molecule has 0 unspecified atom stereocenters. The number of amides is 2. The van der Waals surface area contributed by atoms with Crippen LogP contribution in [0.1, 0.15) is 36.1 Å². The molecule has 2 aromatic carbocycles. The van der Waals surface area contributed by atoms with Crippen molar-refractivity contribution in [3.8, 4) is 0 Å². The van der Waals surface area contributed by atoms with Crippen molar-refractivity contribution in [3.63, 3.8) is 0 Å². The van der Waals surface area contributed by atoms with Gasteiger partial charge in [-0.3, -0.25) is 9.59 Å². The lowest BCUT2D eigenvalue weighted by Crippen LogP contribution is -2.28. The Labute approximate surface area is 200 Å². The van der Waals surface area contributed by atoms with E-state index in [0.29, 0.717) is 28.1 Å². The fraction of sp³-hybridized carbons (Fsp3) is 0.273. The zero-order chi connectivity index (χ0) is 23.1. The summed E-state index contributed by atoms with van der Waals surface area (Å²) in [6, 6.07) is 14.0. The van der Waals surface area contributed by atoms with Gasteiger partial charge in [0.2, 0.25) is 5.91 Å². The van der Waals surface area contributed by atoms with Gasteiger partial charge in [0.25, 0.3) is 5.91 Å². The molecule has 0 aliphatic rings. The van der Waals surface area contributed by atoms with Crippen LogP contribution in [0.4, 0.5) is 5.69 Å². The molecule has 168 valence electrons. The second kappa shape index (κ2) is 11.4. The van der Waals surface area contributed by atoms with E-state index in [-0.39, 0.29) is 23.6 Å². The molecule has 0 saturated carbocycles. The van der Waals surface area contributed by atoms with E-state index < -0.39 is 0 Å². The van der Waals surface area contributed by atoms with Crippen LogP contribution in [-0.2, 0) is 11.3 Å². The number of carbonyl (C=O) groups is 2. The van der Waals surface area contributed by atoms with Crippen molar-refractivity contribution in [2.24, 2.45) is 0 Å². The van der Waals surface area contributed by atoms with Crippen molar-refractivity contribution in [1.82, 2.24) is 20.1 Å². The molecule has 10 heteroatoms. The molecule has 1 aromatic heterocycles. The van der Waals surface area contributed by atoms with E-state index in [1.165, 1.54) is 11.8 Å². The van der Waals surface area contributed by atoms with Gasteiger partial charge in [0, 0.05) is 27.7 Å². The average Bonchev–Trinajstić information content (AvgIpc) is 3.21. The van der Waals surface area contributed by atoms with Gasteiger partial charge in [-0.25, -0.2) is 0 Å². The summed E-state index contributed by atoms with van der Waals surface area (Å²) >= 11 is 8.81. The van der Waals surface area contributed by atoms with Crippen LogP contribution in [0.5, 0.6) is 0 Å². The predicted molar refractivity (Wildman–Crippen MR) is 131 cm³/mol. The summed E-state index contributed by atoms with van der Waals surface area (Å²) in [6.45, 7) is 4.44. The van der Waals surface area contributed by atoms with Gasteiger partial charge in [0.1, 0.15) is 0 Å². The minimum absolute atomic E-state index is 0.121. The van der Waals surface area contributed by atoms with Crippen LogP contribution in [0.3, 0.4) is 0 Å². The predicted octanol–water partition coefficient (Wildman–Crippen LogP) is 4.90. The maximum absolute atomic E-state index is 12.5. The zero-order valence-electron chi connectivity index (χ0n) is 18.0. The van der Waals surface area contributed by atoms with Gasteiger partial charge < -0.3 is 15.2 Å². The maximum Gasteiger partial charge on any atom is 0.251 e. The topological polar surface area (TPSA) is 88.9 Å². The van der Waals surface area contributed by atoms with Gasteiger partial charge in [-0.1, -0.05) is 29.4 Å². The molecule has 32 heavy (non-hydrogen) atoms. The van der Waals surface area contributed by atoms with Crippen molar-refractivity contribution in [2.75, 3.05) is 17.3 Å². The van der Waals surface area contributed by atoms with Crippen molar-refractivity contribution < 1.29 is 9.59 Å². The number of nitrogens with zero attached hydrogens (tertiary/aromatic N) is 3. The number of benzene rings is 2. The molecule has 2 N–H and O–H groups in total. The number of nitrogens with one attached hydrogen (secondary N) is 2. The Hall–Kier alpha value is -2.49. The Balaban J connectivity index is 1.61. The number of aromatic nitrogens is 3.